The number of carboxylic acid groups (broad SMARTS) is 1. The molecule has 0 radical (unpaired) electrons. The van der Waals surface area contributed by atoms with Crippen molar-refractivity contribution in [2.75, 3.05) is 32.6 Å². The number of alkyl halides is 3. The van der Waals surface area contributed by atoms with E-state index in [4.69, 9.17) is 24.6 Å². The lowest BCUT2D eigenvalue weighted by Gasteiger charge is -2.10. The average Bonchev–Trinajstić information content (AvgIpc) is 3.33. The van der Waals surface area contributed by atoms with Gasteiger partial charge in [-0.3, -0.25) is 0 Å². The first-order chi connectivity index (χ1) is 19.0. The predicted molar refractivity (Wildman–Crippen MR) is 147 cm³/mol. The van der Waals surface area contributed by atoms with Gasteiger partial charge in [0, 0.05) is 19.2 Å². The van der Waals surface area contributed by atoms with Crippen LogP contribution in [0.5, 0.6) is 17.2 Å². The fourth-order valence-electron chi connectivity index (χ4n) is 3.23. The van der Waals surface area contributed by atoms with Crippen LogP contribution in [0.15, 0.2) is 66.7 Å². The molecule has 0 atom stereocenters. The highest BCUT2D eigenvalue weighted by molar-refractivity contribution is 7.22. The predicted octanol–water partition coefficient (Wildman–Crippen LogP) is 6.54. The number of carbonyl (C=O) groups is 1. The Kier molecular flexibility index (Phi) is 10.7. The van der Waals surface area contributed by atoms with Crippen molar-refractivity contribution in [3.63, 3.8) is 0 Å². The number of fused-ring (bicyclic) bond motifs is 1. The van der Waals surface area contributed by atoms with Crippen LogP contribution in [0.1, 0.15) is 17.5 Å². The Morgan fingerprint density at radius 2 is 1.68 bits per heavy atom. The Balaban J connectivity index is 0.000000559. The monoisotopic (exact) mass is 572 g/mol. The van der Waals surface area contributed by atoms with Crippen LogP contribution in [0.3, 0.4) is 0 Å². The molecule has 8 nitrogen and oxygen atoms in total. The maximum Gasteiger partial charge on any atom is 0.490 e. The van der Waals surface area contributed by atoms with Crippen LogP contribution in [0.25, 0.3) is 10.2 Å². The number of aromatic nitrogens is 1. The van der Waals surface area contributed by atoms with E-state index in [1.165, 1.54) is 5.56 Å². The van der Waals surface area contributed by atoms with E-state index in [9.17, 15) is 13.2 Å². The van der Waals surface area contributed by atoms with Gasteiger partial charge in [-0.2, -0.15) is 18.4 Å². The standard InChI is InChI=1S/C26H26N4O2S.C2HF3O2/c1-30(2)14-3-15-31-21-8-6-20(7-9-21)18-28-26-29-24-13-12-23(16-25(24)33-26)32-22-10-4-19(17-27)5-11-22;3-2(4,5)1(6)7/h4-13,16H,3,14-15,18H2,1-2H3,(H,28,29);(H,6,7). The van der Waals surface area contributed by atoms with Crippen molar-refractivity contribution in [2.24, 2.45) is 0 Å². The van der Waals surface area contributed by atoms with Crippen molar-refractivity contribution in [3.05, 3.63) is 77.9 Å². The molecule has 0 aliphatic rings. The van der Waals surface area contributed by atoms with Crippen LogP contribution in [0.2, 0.25) is 0 Å². The first-order valence-electron chi connectivity index (χ1n) is 12.0. The molecule has 0 saturated heterocycles. The van der Waals surface area contributed by atoms with Gasteiger partial charge >= 0.3 is 12.1 Å². The minimum Gasteiger partial charge on any atom is -0.494 e. The molecule has 1 heterocycles. The molecule has 210 valence electrons. The van der Waals surface area contributed by atoms with Gasteiger partial charge < -0.3 is 24.8 Å². The molecule has 3 aromatic carbocycles. The number of halogens is 3. The van der Waals surface area contributed by atoms with E-state index in [-0.39, 0.29) is 0 Å². The number of ether oxygens (including phenoxy) is 2. The molecule has 0 aliphatic carbocycles. The van der Waals surface area contributed by atoms with Gasteiger partial charge in [-0.1, -0.05) is 23.5 Å². The lowest BCUT2D eigenvalue weighted by atomic mass is 10.2. The van der Waals surface area contributed by atoms with E-state index in [1.54, 1.807) is 35.6 Å². The summed E-state index contributed by atoms with van der Waals surface area (Å²) >= 11 is 1.59. The van der Waals surface area contributed by atoms with Gasteiger partial charge in [-0.25, -0.2) is 9.78 Å². The van der Waals surface area contributed by atoms with Crippen LogP contribution in [-0.2, 0) is 11.3 Å². The number of hydrogen-bond donors (Lipinski definition) is 2. The first kappa shape index (κ1) is 30.2. The normalized spacial score (nSPS) is 10.9. The van der Waals surface area contributed by atoms with Crippen molar-refractivity contribution in [1.82, 2.24) is 9.88 Å². The quantitative estimate of drug-likeness (QED) is 0.206. The fourth-order valence-corrected chi connectivity index (χ4v) is 4.12. The summed E-state index contributed by atoms with van der Waals surface area (Å²) in [6.07, 6.45) is -4.08. The number of hydrogen-bond acceptors (Lipinski definition) is 8. The van der Waals surface area contributed by atoms with Gasteiger partial charge in [-0.05, 0) is 74.6 Å². The number of aliphatic carboxylic acids is 1. The van der Waals surface area contributed by atoms with Crippen molar-refractivity contribution < 1.29 is 32.5 Å². The molecule has 0 bridgehead atoms. The largest absolute Gasteiger partial charge is 0.494 e. The lowest BCUT2D eigenvalue weighted by Crippen LogP contribution is -2.21. The third-order valence-corrected chi connectivity index (χ3v) is 6.18. The van der Waals surface area contributed by atoms with Gasteiger partial charge in [0.2, 0.25) is 0 Å². The Morgan fingerprint density at radius 1 is 1.05 bits per heavy atom. The van der Waals surface area contributed by atoms with Crippen LogP contribution in [0, 0.1) is 11.3 Å². The zero-order valence-corrected chi connectivity index (χ0v) is 22.6. The maximum atomic E-state index is 10.6. The summed E-state index contributed by atoms with van der Waals surface area (Å²) in [5.41, 5.74) is 2.70. The van der Waals surface area contributed by atoms with Crippen LogP contribution >= 0.6 is 11.3 Å². The second-order valence-corrected chi connectivity index (χ2v) is 9.72. The number of anilines is 1. The summed E-state index contributed by atoms with van der Waals surface area (Å²) in [5.74, 6) is -0.426. The molecule has 4 rings (SSSR count). The van der Waals surface area contributed by atoms with E-state index in [2.05, 4.69) is 47.5 Å². The van der Waals surface area contributed by atoms with E-state index in [0.29, 0.717) is 17.9 Å². The zero-order valence-electron chi connectivity index (χ0n) is 21.7. The molecule has 4 aromatic rings. The third kappa shape index (κ3) is 9.76. The van der Waals surface area contributed by atoms with E-state index >= 15 is 0 Å². The number of nitrogens with one attached hydrogen (secondary N) is 1. The molecule has 0 fully saturated rings. The highest BCUT2D eigenvalue weighted by atomic mass is 32.1. The van der Waals surface area contributed by atoms with Crippen LogP contribution in [0.4, 0.5) is 18.3 Å². The van der Waals surface area contributed by atoms with Crippen molar-refractivity contribution in [3.8, 4) is 23.3 Å². The molecular formula is C28H27F3N4O4S. The second-order valence-electron chi connectivity index (χ2n) is 8.69. The molecule has 0 unspecified atom stereocenters. The number of benzene rings is 3. The molecule has 1 aromatic heterocycles. The highest BCUT2D eigenvalue weighted by Gasteiger charge is 2.38. The van der Waals surface area contributed by atoms with Crippen molar-refractivity contribution >= 4 is 32.7 Å². The summed E-state index contributed by atoms with van der Waals surface area (Å²) < 4.78 is 44.5. The topological polar surface area (TPSA) is 108 Å². The van der Waals surface area contributed by atoms with Gasteiger partial charge in [0.25, 0.3) is 0 Å². The number of nitrogens with zero attached hydrogens (tertiary/aromatic N) is 3. The fraction of sp³-hybridized carbons (Fsp3) is 0.250. The number of rotatable bonds is 10. The summed E-state index contributed by atoms with van der Waals surface area (Å²) in [6, 6.07) is 23.2. The number of carboxylic acids is 1. The minimum atomic E-state index is -5.08. The molecule has 2 N–H and O–H groups in total. The molecular weight excluding hydrogens is 545 g/mol. The molecule has 12 heteroatoms. The van der Waals surface area contributed by atoms with E-state index in [1.807, 2.05) is 30.3 Å². The number of nitriles is 1. The Bertz CT molecular complexity index is 1430. The van der Waals surface area contributed by atoms with Crippen LogP contribution < -0.4 is 14.8 Å². The van der Waals surface area contributed by atoms with E-state index < -0.39 is 12.1 Å². The molecule has 0 spiro atoms. The first-order valence-corrected chi connectivity index (χ1v) is 12.8. The summed E-state index contributed by atoms with van der Waals surface area (Å²) in [7, 11) is 4.13. The van der Waals surface area contributed by atoms with Gasteiger partial charge in [-0.15, -0.1) is 0 Å². The zero-order chi connectivity index (χ0) is 29.1. The summed E-state index contributed by atoms with van der Waals surface area (Å²) in [6.45, 7) is 2.43. The lowest BCUT2D eigenvalue weighted by molar-refractivity contribution is -0.192. The second kappa shape index (κ2) is 14.2. The summed E-state index contributed by atoms with van der Waals surface area (Å²) in [5, 5.41) is 20.3. The third-order valence-electron chi connectivity index (χ3n) is 5.21. The smallest absolute Gasteiger partial charge is 0.490 e. The highest BCUT2D eigenvalue weighted by Crippen LogP contribution is 2.31. The minimum absolute atomic E-state index is 0.609. The SMILES string of the molecule is CN(C)CCCOc1ccc(CNc2nc3ccc(Oc4ccc(C#N)cc4)cc3s2)cc1.O=C(O)C(F)(F)F. The summed E-state index contributed by atoms with van der Waals surface area (Å²) in [4.78, 5) is 15.7. The van der Waals surface area contributed by atoms with Gasteiger partial charge in [0.1, 0.15) is 17.2 Å². The van der Waals surface area contributed by atoms with Crippen molar-refractivity contribution in [1.29, 1.82) is 5.26 Å². The molecule has 0 amide bonds. The molecule has 0 saturated carbocycles. The molecule has 40 heavy (non-hydrogen) atoms. The van der Waals surface area contributed by atoms with E-state index in [0.717, 1.165) is 46.4 Å². The Labute approximate surface area is 233 Å². The molecule has 0 aliphatic heterocycles. The van der Waals surface area contributed by atoms with Gasteiger partial charge in [0.05, 0.1) is 28.5 Å². The van der Waals surface area contributed by atoms with Crippen molar-refractivity contribution in [2.45, 2.75) is 19.1 Å². The number of thiazole rings is 1. The van der Waals surface area contributed by atoms with Gasteiger partial charge in [0.15, 0.2) is 5.13 Å². The van der Waals surface area contributed by atoms with Crippen LogP contribution in [-0.4, -0.2) is 54.4 Å². The Hall–Kier alpha value is -4.34. The maximum absolute atomic E-state index is 10.6. The Morgan fingerprint density at radius 3 is 2.27 bits per heavy atom. The average molecular weight is 573 g/mol.